The number of piperazine rings is 1. The molecule has 228 valence electrons. The van der Waals surface area contributed by atoms with E-state index in [1.165, 1.54) is 18.2 Å². The number of amides is 1. The third-order valence-electron chi connectivity index (χ3n) is 7.25. The summed E-state index contributed by atoms with van der Waals surface area (Å²) in [6, 6.07) is 3.54. The Hall–Kier alpha value is -3.10. The highest BCUT2D eigenvalue weighted by molar-refractivity contribution is 6.03. The summed E-state index contributed by atoms with van der Waals surface area (Å²) in [5.74, 6) is -0.984. The van der Waals surface area contributed by atoms with Crippen LogP contribution >= 0.6 is 0 Å². The van der Waals surface area contributed by atoms with Crippen LogP contribution in [0.3, 0.4) is 0 Å². The van der Waals surface area contributed by atoms with Gasteiger partial charge in [0, 0.05) is 60.5 Å². The second-order valence-electron chi connectivity index (χ2n) is 10.8. The first-order valence-electron chi connectivity index (χ1n) is 14.4. The van der Waals surface area contributed by atoms with Gasteiger partial charge in [0.05, 0.1) is 0 Å². The first kappa shape index (κ1) is 34.1. The topological polar surface area (TPSA) is 45.1 Å². The predicted octanol–water partition coefficient (Wildman–Crippen LogP) is 8.47. The molecule has 1 aliphatic heterocycles. The number of benzene rings is 1. The van der Waals surface area contributed by atoms with Crippen LogP contribution in [0.1, 0.15) is 79.7 Å². The van der Waals surface area contributed by atoms with Crippen LogP contribution in [-0.2, 0) is 11.2 Å². The van der Waals surface area contributed by atoms with E-state index in [1.807, 2.05) is 40.7 Å². The van der Waals surface area contributed by atoms with Crippen LogP contribution < -0.4 is 0 Å². The van der Waals surface area contributed by atoms with Gasteiger partial charge in [0.1, 0.15) is 17.2 Å². The van der Waals surface area contributed by atoms with Crippen molar-refractivity contribution in [2.24, 2.45) is 4.99 Å². The molecule has 5 nitrogen and oxygen atoms in total. The zero-order valence-electron chi connectivity index (χ0n) is 25.4. The summed E-state index contributed by atoms with van der Waals surface area (Å²) in [6.07, 6.45) is 6.41. The zero-order chi connectivity index (χ0) is 30.7. The van der Waals surface area contributed by atoms with Crippen molar-refractivity contribution in [1.29, 1.82) is 0 Å². The van der Waals surface area contributed by atoms with Crippen molar-refractivity contribution in [3.05, 3.63) is 70.6 Å². The highest BCUT2D eigenvalue weighted by Gasteiger charge is 2.43. The molecule has 3 rings (SSSR count). The number of hydrogen-bond donors (Lipinski definition) is 0. The molecule has 0 aromatic heterocycles. The molecule has 1 saturated heterocycles. The highest BCUT2D eigenvalue weighted by atomic mass is 19.3. The predicted molar refractivity (Wildman–Crippen MR) is 157 cm³/mol. The largest absolute Gasteiger partial charge is 0.443 e. The lowest BCUT2D eigenvalue weighted by molar-refractivity contribution is 0.0301. The van der Waals surface area contributed by atoms with E-state index in [4.69, 9.17) is 4.74 Å². The fraction of sp³-hybridized carbons (Fsp3) is 0.562. The fourth-order valence-electron chi connectivity index (χ4n) is 4.68. The van der Waals surface area contributed by atoms with E-state index >= 15 is 0 Å². The summed E-state index contributed by atoms with van der Waals surface area (Å²) in [4.78, 5) is 20.7. The van der Waals surface area contributed by atoms with Gasteiger partial charge in [-0.05, 0) is 78.0 Å². The molecule has 0 bridgehead atoms. The molecule has 9 heteroatoms. The van der Waals surface area contributed by atoms with Gasteiger partial charge in [0.25, 0.3) is 6.43 Å². The van der Waals surface area contributed by atoms with Crippen LogP contribution in [0.15, 0.2) is 58.4 Å². The number of ether oxygens (including phenoxy) is 1. The molecule has 1 unspecified atom stereocenters. The lowest BCUT2D eigenvalue weighted by atomic mass is 9.98. The highest BCUT2D eigenvalue weighted by Crippen LogP contribution is 2.39. The molecular formula is C32H45F4N3O2. The van der Waals surface area contributed by atoms with Gasteiger partial charge >= 0.3 is 6.09 Å². The summed E-state index contributed by atoms with van der Waals surface area (Å²) in [7, 11) is 0. The van der Waals surface area contributed by atoms with Crippen molar-refractivity contribution in [2.75, 3.05) is 19.6 Å². The summed E-state index contributed by atoms with van der Waals surface area (Å²) in [5.41, 5.74) is 2.18. The molecule has 1 amide bonds. The minimum absolute atomic E-state index is 0.0187. The van der Waals surface area contributed by atoms with Gasteiger partial charge in [0.2, 0.25) is 0 Å². The summed E-state index contributed by atoms with van der Waals surface area (Å²) in [5, 5.41) is 0. The quantitative estimate of drug-likeness (QED) is 0.167. The maximum Gasteiger partial charge on any atom is 0.410 e. The summed E-state index contributed by atoms with van der Waals surface area (Å²) < 4.78 is 58.2. The molecule has 1 aliphatic carbocycles. The fourth-order valence-corrected chi connectivity index (χ4v) is 4.68. The summed E-state index contributed by atoms with van der Waals surface area (Å²) >= 11 is 0. The molecule has 2 fully saturated rings. The van der Waals surface area contributed by atoms with Gasteiger partial charge in [-0.3, -0.25) is 4.99 Å². The van der Waals surface area contributed by atoms with Gasteiger partial charge in [0.15, 0.2) is 0 Å². The first-order chi connectivity index (χ1) is 19.3. The molecule has 1 aromatic rings. The van der Waals surface area contributed by atoms with Crippen LogP contribution in [0, 0.1) is 11.6 Å². The van der Waals surface area contributed by atoms with Gasteiger partial charge in [-0.25, -0.2) is 22.4 Å². The Kier molecular flexibility index (Phi) is 13.1. The van der Waals surface area contributed by atoms with Crippen molar-refractivity contribution in [3.63, 3.8) is 0 Å². The third-order valence-corrected chi connectivity index (χ3v) is 7.25. The van der Waals surface area contributed by atoms with Crippen LogP contribution in [0.4, 0.5) is 22.4 Å². The molecule has 2 aliphatic rings. The molecule has 0 spiro atoms. The number of carbonyl (C=O) groups is 1. The number of nitrogens with zero attached hydrogens (tertiary/aromatic N) is 3. The number of halogens is 4. The Balaban J connectivity index is 0.000000446. The van der Waals surface area contributed by atoms with Crippen molar-refractivity contribution < 1.29 is 27.1 Å². The summed E-state index contributed by atoms with van der Waals surface area (Å²) in [6.45, 7) is 14.7. The Morgan fingerprint density at radius 3 is 2.27 bits per heavy atom. The average Bonchev–Trinajstić information content (AvgIpc) is 3.62. The van der Waals surface area contributed by atoms with Crippen molar-refractivity contribution in [1.82, 2.24) is 9.80 Å². The van der Waals surface area contributed by atoms with E-state index in [9.17, 15) is 22.4 Å². The van der Waals surface area contributed by atoms with Crippen molar-refractivity contribution >= 4 is 11.8 Å². The van der Waals surface area contributed by atoms with Gasteiger partial charge < -0.3 is 14.5 Å². The Labute approximate surface area is 242 Å². The van der Waals surface area contributed by atoms with Gasteiger partial charge in [-0.2, -0.15) is 0 Å². The number of alkyl halides is 2. The number of rotatable bonds is 9. The number of aryl methyl sites for hydroxylation is 1. The normalized spacial score (nSPS) is 19.7. The molecule has 1 aromatic carbocycles. The molecule has 0 radical (unpaired) electrons. The smallest absolute Gasteiger partial charge is 0.410 e. The maximum absolute atomic E-state index is 13.8. The van der Waals surface area contributed by atoms with E-state index in [1.54, 1.807) is 24.9 Å². The molecule has 1 saturated carbocycles. The Morgan fingerprint density at radius 1 is 1.15 bits per heavy atom. The average molecular weight is 580 g/mol. The standard InChI is InChI=1S/C23H35F2N3O2.C9H10F2/c1-7-9-12-26-17(4)20(19(8-2)21(24)25)18(5)27-13-14-28(16(3)15-27)22(29)30-23(6)10-11-23;1-2-3-7-4-8(10)6-9(11)5-7/h8-9,12,16,21H,7,10-11,13-15H2,1-6H3;4-6H,2-3H2,1H3/b12-9+,19-8+,20-18-,26-17+;. The lowest BCUT2D eigenvalue weighted by Crippen LogP contribution is -2.54. The van der Waals surface area contributed by atoms with Crippen LogP contribution in [-0.4, -0.2) is 59.3 Å². The first-order valence-corrected chi connectivity index (χ1v) is 14.4. The second-order valence-corrected chi connectivity index (χ2v) is 10.8. The minimum Gasteiger partial charge on any atom is -0.443 e. The molecule has 1 atom stereocenters. The van der Waals surface area contributed by atoms with Gasteiger partial charge in [-0.15, -0.1) is 0 Å². The monoisotopic (exact) mass is 579 g/mol. The van der Waals surface area contributed by atoms with Crippen LogP contribution in [0.2, 0.25) is 0 Å². The van der Waals surface area contributed by atoms with Gasteiger partial charge in [-0.1, -0.05) is 32.4 Å². The molecule has 41 heavy (non-hydrogen) atoms. The third kappa shape index (κ3) is 10.3. The minimum atomic E-state index is -2.59. The number of aliphatic imine (C=N–C) groups is 1. The number of hydrogen-bond acceptors (Lipinski definition) is 4. The molecular weight excluding hydrogens is 534 g/mol. The zero-order valence-corrected chi connectivity index (χ0v) is 25.4. The van der Waals surface area contributed by atoms with E-state index in [0.717, 1.165) is 49.4 Å². The SMILES string of the molecule is CCCc1cc(F)cc(F)c1.C\C=C(C(/C(C)=N/C=C/CC)=C(/C)N1CCN(C(=O)OC2(C)CC2)C(C)C1)\C(F)F. The Morgan fingerprint density at radius 2 is 1.78 bits per heavy atom. The van der Waals surface area contributed by atoms with E-state index in [-0.39, 0.29) is 23.3 Å². The number of carbonyl (C=O) groups excluding carboxylic acids is 1. The van der Waals surface area contributed by atoms with E-state index in [0.29, 0.717) is 30.9 Å². The van der Waals surface area contributed by atoms with Crippen molar-refractivity contribution in [3.8, 4) is 0 Å². The lowest BCUT2D eigenvalue weighted by Gasteiger charge is -2.41. The molecule has 1 heterocycles. The van der Waals surface area contributed by atoms with E-state index < -0.39 is 18.1 Å². The number of allylic oxidation sites excluding steroid dienone is 5. The van der Waals surface area contributed by atoms with Crippen molar-refractivity contribution in [2.45, 2.75) is 98.6 Å². The van der Waals surface area contributed by atoms with Crippen LogP contribution in [0.25, 0.3) is 0 Å². The second kappa shape index (κ2) is 15.8. The maximum atomic E-state index is 13.8. The Bertz CT molecular complexity index is 1140. The molecule has 0 N–H and O–H groups in total. The van der Waals surface area contributed by atoms with Crippen LogP contribution in [0.5, 0.6) is 0 Å². The van der Waals surface area contributed by atoms with E-state index in [2.05, 4.69) is 9.89 Å².